The second-order valence-electron chi connectivity index (χ2n) is 9.32. The molecule has 2 aromatic carbocycles. The Hall–Kier alpha value is -2.76. The summed E-state index contributed by atoms with van der Waals surface area (Å²) in [6.07, 6.45) is 3.37. The van der Waals surface area contributed by atoms with Crippen LogP contribution in [0, 0.1) is 28.9 Å². The lowest BCUT2D eigenvalue weighted by molar-refractivity contribution is 0.0273. The van der Waals surface area contributed by atoms with E-state index in [-0.39, 0.29) is 12.0 Å². The van der Waals surface area contributed by atoms with E-state index >= 15 is 0 Å². The summed E-state index contributed by atoms with van der Waals surface area (Å²) in [7, 11) is 1.58. The Morgan fingerprint density at radius 2 is 1.94 bits per heavy atom. The zero-order valence-corrected chi connectivity index (χ0v) is 20.9. The Morgan fingerprint density at radius 1 is 1.17 bits per heavy atom. The van der Waals surface area contributed by atoms with Gasteiger partial charge in [-0.05, 0) is 80.6 Å². The monoisotopic (exact) mass is 514 g/mol. The number of aromatic nitrogens is 1. The number of benzene rings is 2. The van der Waals surface area contributed by atoms with E-state index in [1.165, 1.54) is 6.07 Å². The highest BCUT2D eigenvalue weighted by atomic mass is 35.5. The number of rotatable bonds is 7. The average Bonchev–Trinajstić information content (AvgIpc) is 2.89. The number of nitrogens with zero attached hydrogens (tertiary/aromatic N) is 2. The molecule has 1 aliphatic heterocycles. The van der Waals surface area contributed by atoms with Gasteiger partial charge in [-0.25, -0.2) is 8.78 Å². The predicted molar refractivity (Wildman–Crippen MR) is 136 cm³/mol. The number of pyridine rings is 1. The van der Waals surface area contributed by atoms with E-state index in [1.807, 2.05) is 18.2 Å². The lowest BCUT2D eigenvalue weighted by atomic mass is 9.74. The van der Waals surface area contributed by atoms with Crippen LogP contribution in [-0.2, 0) is 0 Å². The predicted octanol–water partition coefficient (Wildman–Crippen LogP) is 5.11. The van der Waals surface area contributed by atoms with Crippen LogP contribution in [0.5, 0.6) is 5.75 Å². The molecule has 0 radical (unpaired) electrons. The van der Waals surface area contributed by atoms with Gasteiger partial charge >= 0.3 is 0 Å². The molecule has 4 rings (SSSR count). The first-order chi connectivity index (χ1) is 17.3. The van der Waals surface area contributed by atoms with Gasteiger partial charge in [-0.15, -0.1) is 0 Å². The van der Waals surface area contributed by atoms with E-state index in [2.05, 4.69) is 21.7 Å². The Bertz CT molecular complexity index is 1280. The second kappa shape index (κ2) is 11.5. The normalized spacial score (nSPS) is 16.4. The van der Waals surface area contributed by atoms with Crippen LogP contribution in [0.1, 0.15) is 42.9 Å². The number of ether oxygens (including phenoxy) is 1. The zero-order chi connectivity index (χ0) is 25.7. The SMILES string of the molecule is COc1ccc2ncc(Cl)c([C@@H](O)CCC3(CO)CCN(CC#Cc4ccc(F)c(F)c4)CC3)c2c1. The van der Waals surface area contributed by atoms with Crippen LogP contribution in [0.15, 0.2) is 42.6 Å². The first-order valence-corrected chi connectivity index (χ1v) is 12.3. The molecular weight excluding hydrogens is 486 g/mol. The molecule has 190 valence electrons. The van der Waals surface area contributed by atoms with Crippen molar-refractivity contribution in [2.45, 2.75) is 31.8 Å². The fourth-order valence-corrected chi connectivity index (χ4v) is 5.00. The number of aliphatic hydroxyl groups is 2. The summed E-state index contributed by atoms with van der Waals surface area (Å²) in [4.78, 5) is 6.53. The minimum Gasteiger partial charge on any atom is -0.497 e. The number of aliphatic hydroxyl groups excluding tert-OH is 2. The fourth-order valence-electron chi connectivity index (χ4n) is 4.72. The van der Waals surface area contributed by atoms with Crippen LogP contribution >= 0.6 is 11.6 Å². The van der Waals surface area contributed by atoms with E-state index in [1.54, 1.807) is 13.3 Å². The zero-order valence-electron chi connectivity index (χ0n) is 20.1. The summed E-state index contributed by atoms with van der Waals surface area (Å²) < 4.78 is 31.7. The van der Waals surface area contributed by atoms with Gasteiger partial charge in [0, 0.05) is 29.3 Å². The minimum atomic E-state index is -0.908. The molecule has 0 aliphatic carbocycles. The number of hydrogen-bond acceptors (Lipinski definition) is 5. The number of halogens is 3. The Labute approximate surface area is 214 Å². The van der Waals surface area contributed by atoms with E-state index in [9.17, 15) is 19.0 Å². The van der Waals surface area contributed by atoms with Crippen molar-refractivity contribution in [3.63, 3.8) is 0 Å². The van der Waals surface area contributed by atoms with Crippen LogP contribution in [0.3, 0.4) is 0 Å². The average molecular weight is 515 g/mol. The summed E-state index contributed by atoms with van der Waals surface area (Å²) >= 11 is 6.44. The maximum absolute atomic E-state index is 13.3. The lowest BCUT2D eigenvalue weighted by Crippen LogP contribution is -2.42. The van der Waals surface area contributed by atoms with Crippen LogP contribution in [-0.4, -0.2) is 53.4 Å². The third-order valence-electron chi connectivity index (χ3n) is 7.06. The molecule has 1 atom stereocenters. The van der Waals surface area contributed by atoms with Gasteiger partial charge in [-0.1, -0.05) is 23.4 Å². The van der Waals surface area contributed by atoms with Crippen molar-refractivity contribution in [2.75, 3.05) is 33.4 Å². The molecule has 8 heteroatoms. The van der Waals surface area contributed by atoms with Crippen LogP contribution < -0.4 is 4.74 Å². The Kier molecular flexibility index (Phi) is 8.43. The summed E-state index contributed by atoms with van der Waals surface area (Å²) in [6, 6.07) is 9.10. The smallest absolute Gasteiger partial charge is 0.160 e. The van der Waals surface area contributed by atoms with Gasteiger partial charge in [0.25, 0.3) is 0 Å². The highest BCUT2D eigenvalue weighted by molar-refractivity contribution is 6.32. The molecule has 1 fully saturated rings. The Balaban J connectivity index is 1.37. The third-order valence-corrected chi connectivity index (χ3v) is 7.36. The summed E-state index contributed by atoms with van der Waals surface area (Å²) in [5.41, 5.74) is 1.49. The van der Waals surface area contributed by atoms with Crippen molar-refractivity contribution in [3.05, 3.63) is 70.4 Å². The molecule has 1 saturated heterocycles. The first kappa shape index (κ1) is 26.3. The molecule has 0 saturated carbocycles. The maximum Gasteiger partial charge on any atom is 0.160 e. The molecule has 0 spiro atoms. The lowest BCUT2D eigenvalue weighted by Gasteiger charge is -2.40. The number of fused-ring (bicyclic) bond motifs is 1. The largest absolute Gasteiger partial charge is 0.497 e. The molecule has 0 amide bonds. The van der Waals surface area contributed by atoms with Crippen LogP contribution in [0.25, 0.3) is 10.9 Å². The molecule has 36 heavy (non-hydrogen) atoms. The fraction of sp³-hybridized carbons (Fsp3) is 0.393. The minimum absolute atomic E-state index is 0.0345. The maximum atomic E-state index is 13.3. The van der Waals surface area contributed by atoms with E-state index in [0.717, 1.165) is 49.0 Å². The number of hydrogen-bond donors (Lipinski definition) is 2. The summed E-state index contributed by atoms with van der Waals surface area (Å²) in [5, 5.41) is 22.5. The molecule has 0 unspecified atom stereocenters. The molecule has 5 nitrogen and oxygen atoms in total. The Morgan fingerprint density at radius 3 is 2.64 bits per heavy atom. The standard InChI is InChI=1S/C28H29ClF2N2O3/c1-36-20-5-7-25-21(16-20)27(22(29)17-32-25)26(35)8-9-28(18-34)10-13-33(14-11-28)12-2-3-19-4-6-23(30)24(31)15-19/h4-7,15-17,26,34-35H,8-14,18H2,1H3/t26-/m0/s1. The molecule has 0 bridgehead atoms. The van der Waals surface area contributed by atoms with Crippen molar-refractivity contribution in [1.29, 1.82) is 0 Å². The van der Waals surface area contributed by atoms with Crippen LogP contribution in [0.2, 0.25) is 5.02 Å². The number of piperidine rings is 1. The van der Waals surface area contributed by atoms with Gasteiger partial charge in [0.15, 0.2) is 11.6 Å². The topological polar surface area (TPSA) is 65.8 Å². The van der Waals surface area contributed by atoms with E-state index in [4.69, 9.17) is 16.3 Å². The summed E-state index contributed by atoms with van der Waals surface area (Å²) in [6.45, 7) is 2.04. The number of likely N-dealkylation sites (tertiary alicyclic amines) is 1. The highest BCUT2D eigenvalue weighted by Crippen LogP contribution is 2.40. The molecule has 2 N–H and O–H groups in total. The van der Waals surface area contributed by atoms with E-state index in [0.29, 0.717) is 41.3 Å². The van der Waals surface area contributed by atoms with Crippen molar-refractivity contribution in [2.24, 2.45) is 5.41 Å². The van der Waals surface area contributed by atoms with Crippen molar-refractivity contribution in [3.8, 4) is 17.6 Å². The van der Waals surface area contributed by atoms with Crippen molar-refractivity contribution in [1.82, 2.24) is 9.88 Å². The van der Waals surface area contributed by atoms with Crippen molar-refractivity contribution < 1.29 is 23.7 Å². The molecule has 1 aliphatic rings. The number of methoxy groups -OCH3 is 1. The van der Waals surface area contributed by atoms with Gasteiger partial charge in [0.1, 0.15) is 5.75 Å². The molecule has 3 aromatic rings. The first-order valence-electron chi connectivity index (χ1n) is 11.9. The highest BCUT2D eigenvalue weighted by Gasteiger charge is 2.34. The molecular formula is C28H29ClF2N2O3. The molecule has 2 heterocycles. The van der Waals surface area contributed by atoms with Crippen LogP contribution in [0.4, 0.5) is 8.78 Å². The second-order valence-corrected chi connectivity index (χ2v) is 9.73. The van der Waals surface area contributed by atoms with Gasteiger partial charge in [0.05, 0.1) is 30.3 Å². The molecule has 1 aromatic heterocycles. The summed E-state index contributed by atoms with van der Waals surface area (Å²) in [5.74, 6) is 4.76. The third kappa shape index (κ3) is 5.96. The van der Waals surface area contributed by atoms with Gasteiger partial charge in [-0.2, -0.15) is 0 Å². The van der Waals surface area contributed by atoms with Gasteiger partial charge in [0.2, 0.25) is 0 Å². The van der Waals surface area contributed by atoms with E-state index < -0.39 is 17.7 Å². The van der Waals surface area contributed by atoms with Gasteiger partial charge in [-0.3, -0.25) is 9.88 Å². The quantitative estimate of drug-likeness (QED) is 0.429. The van der Waals surface area contributed by atoms with Gasteiger partial charge < -0.3 is 14.9 Å². The van der Waals surface area contributed by atoms with Crippen molar-refractivity contribution >= 4 is 22.5 Å².